The lowest BCUT2D eigenvalue weighted by Crippen LogP contribution is -2.17. The first kappa shape index (κ1) is 12.7. The van der Waals surface area contributed by atoms with Crippen LogP contribution in [0.1, 0.15) is 39.0 Å². The number of nitro groups is 1. The predicted octanol–water partition coefficient (Wildman–Crippen LogP) is 3.07. The largest absolute Gasteiger partial charge is 0.494 e. The highest BCUT2D eigenvalue weighted by Crippen LogP contribution is 2.14. The molecule has 0 spiro atoms. The molecule has 0 aromatic rings. The first-order chi connectivity index (χ1) is 7.74. The van der Waals surface area contributed by atoms with E-state index in [1.54, 1.807) is 18.2 Å². The second-order valence-electron chi connectivity index (χ2n) is 3.96. The molecule has 1 aliphatic carbocycles. The zero-order valence-electron chi connectivity index (χ0n) is 9.72. The van der Waals surface area contributed by atoms with Gasteiger partial charge in [-0.25, -0.2) is 0 Å². The van der Waals surface area contributed by atoms with E-state index in [0.717, 1.165) is 12.2 Å². The van der Waals surface area contributed by atoms with Gasteiger partial charge in [0.15, 0.2) is 0 Å². The Kier molecular flexibility index (Phi) is 5.61. The van der Waals surface area contributed by atoms with Crippen LogP contribution in [-0.2, 0) is 4.74 Å². The standard InChI is InChI=1S/C12H19NO3/c1-2-3-4-5-10-16-12-8-6-11(7-9-12)13(14)15/h6,8-9,11H,2-5,7,10H2,1H3. The smallest absolute Gasteiger partial charge is 0.235 e. The molecule has 0 heterocycles. The molecule has 0 bridgehead atoms. The molecule has 0 radical (unpaired) electrons. The Morgan fingerprint density at radius 3 is 2.88 bits per heavy atom. The van der Waals surface area contributed by atoms with Crippen LogP contribution < -0.4 is 0 Å². The SMILES string of the molecule is CCCCCCOC1=CCC([N+](=O)[O-])C=C1. The van der Waals surface area contributed by atoms with Crippen LogP contribution >= 0.6 is 0 Å². The van der Waals surface area contributed by atoms with E-state index in [2.05, 4.69) is 6.92 Å². The lowest BCUT2D eigenvalue weighted by atomic mass is 10.1. The minimum atomic E-state index is -0.576. The Morgan fingerprint density at radius 2 is 2.31 bits per heavy atom. The number of unbranched alkanes of at least 4 members (excludes halogenated alkanes) is 3. The van der Waals surface area contributed by atoms with Gasteiger partial charge in [-0.15, -0.1) is 0 Å². The van der Waals surface area contributed by atoms with Crippen LogP contribution in [0.2, 0.25) is 0 Å². The highest BCUT2D eigenvalue weighted by Gasteiger charge is 2.18. The Morgan fingerprint density at radius 1 is 1.50 bits per heavy atom. The van der Waals surface area contributed by atoms with Gasteiger partial charge in [0.2, 0.25) is 6.04 Å². The van der Waals surface area contributed by atoms with Crippen molar-refractivity contribution in [3.8, 4) is 0 Å². The number of allylic oxidation sites excluding steroid dienone is 1. The fraction of sp³-hybridized carbons (Fsp3) is 0.667. The van der Waals surface area contributed by atoms with Crippen LogP contribution in [0.3, 0.4) is 0 Å². The maximum Gasteiger partial charge on any atom is 0.235 e. The van der Waals surface area contributed by atoms with Crippen LogP contribution in [0.5, 0.6) is 0 Å². The van der Waals surface area contributed by atoms with Crippen LogP contribution in [0.15, 0.2) is 24.0 Å². The molecule has 90 valence electrons. The van der Waals surface area contributed by atoms with Crippen LogP contribution in [-0.4, -0.2) is 17.6 Å². The lowest BCUT2D eigenvalue weighted by Gasteiger charge is -2.11. The van der Waals surface area contributed by atoms with Gasteiger partial charge in [-0.1, -0.05) is 26.2 Å². The number of ether oxygens (including phenoxy) is 1. The van der Waals surface area contributed by atoms with E-state index in [-0.39, 0.29) is 4.92 Å². The molecule has 4 heteroatoms. The highest BCUT2D eigenvalue weighted by atomic mass is 16.6. The molecular weight excluding hydrogens is 206 g/mol. The van der Waals surface area contributed by atoms with Gasteiger partial charge in [0.05, 0.1) is 6.61 Å². The maximum atomic E-state index is 10.5. The number of hydrogen-bond acceptors (Lipinski definition) is 3. The summed E-state index contributed by atoms with van der Waals surface area (Å²) in [6, 6.07) is -0.576. The molecule has 0 aromatic carbocycles. The van der Waals surface area contributed by atoms with E-state index in [0.29, 0.717) is 13.0 Å². The zero-order chi connectivity index (χ0) is 11.8. The number of hydrogen-bond donors (Lipinski definition) is 0. The van der Waals surface area contributed by atoms with Crippen molar-refractivity contribution in [2.45, 2.75) is 45.1 Å². The highest BCUT2D eigenvalue weighted by molar-refractivity contribution is 5.18. The summed E-state index contributed by atoms with van der Waals surface area (Å²) >= 11 is 0. The molecule has 1 rings (SSSR count). The summed E-state index contributed by atoms with van der Waals surface area (Å²) in [7, 11) is 0. The molecule has 0 aromatic heterocycles. The molecule has 16 heavy (non-hydrogen) atoms. The van der Waals surface area contributed by atoms with Crippen molar-refractivity contribution in [2.24, 2.45) is 0 Å². The summed E-state index contributed by atoms with van der Waals surface area (Å²) in [6.07, 6.45) is 10.2. The fourth-order valence-corrected chi connectivity index (χ4v) is 1.57. The molecule has 1 atom stereocenters. The summed E-state index contributed by atoms with van der Waals surface area (Å²) in [5.74, 6) is 0.773. The molecule has 0 N–H and O–H groups in total. The van der Waals surface area contributed by atoms with E-state index in [1.807, 2.05) is 0 Å². The van der Waals surface area contributed by atoms with Gasteiger partial charge in [-0.05, 0) is 24.6 Å². The van der Waals surface area contributed by atoms with Crippen molar-refractivity contribution < 1.29 is 9.66 Å². The van der Waals surface area contributed by atoms with Gasteiger partial charge in [0, 0.05) is 11.3 Å². The normalized spacial score (nSPS) is 19.3. The number of nitrogens with zero attached hydrogens (tertiary/aromatic N) is 1. The van der Waals surface area contributed by atoms with Gasteiger partial charge < -0.3 is 4.74 Å². The van der Waals surface area contributed by atoms with E-state index in [1.165, 1.54) is 19.3 Å². The lowest BCUT2D eigenvalue weighted by molar-refractivity contribution is -0.508. The Hall–Kier alpha value is -1.32. The van der Waals surface area contributed by atoms with Gasteiger partial charge in [-0.3, -0.25) is 10.1 Å². The molecule has 0 saturated carbocycles. The maximum absolute atomic E-state index is 10.5. The van der Waals surface area contributed by atoms with Gasteiger partial charge in [0.25, 0.3) is 0 Å². The molecule has 4 nitrogen and oxygen atoms in total. The number of rotatable bonds is 7. The zero-order valence-corrected chi connectivity index (χ0v) is 9.72. The average molecular weight is 225 g/mol. The Labute approximate surface area is 96.1 Å². The topological polar surface area (TPSA) is 52.4 Å². The van der Waals surface area contributed by atoms with Crippen molar-refractivity contribution >= 4 is 0 Å². The third-order valence-electron chi connectivity index (χ3n) is 2.58. The summed E-state index contributed by atoms with van der Waals surface area (Å²) in [5, 5.41) is 10.5. The fourth-order valence-electron chi connectivity index (χ4n) is 1.57. The quantitative estimate of drug-likeness (QED) is 0.380. The van der Waals surface area contributed by atoms with Crippen LogP contribution in [0, 0.1) is 10.1 Å². The van der Waals surface area contributed by atoms with E-state index in [4.69, 9.17) is 4.74 Å². The minimum Gasteiger partial charge on any atom is -0.494 e. The van der Waals surface area contributed by atoms with Crippen molar-refractivity contribution in [3.63, 3.8) is 0 Å². The average Bonchev–Trinajstić information content (AvgIpc) is 2.29. The molecule has 0 fully saturated rings. The predicted molar refractivity (Wildman–Crippen MR) is 62.7 cm³/mol. The van der Waals surface area contributed by atoms with Crippen molar-refractivity contribution in [3.05, 3.63) is 34.1 Å². The molecule has 0 aliphatic heterocycles. The van der Waals surface area contributed by atoms with E-state index < -0.39 is 6.04 Å². The van der Waals surface area contributed by atoms with Crippen molar-refractivity contribution in [1.82, 2.24) is 0 Å². The summed E-state index contributed by atoms with van der Waals surface area (Å²) in [6.45, 7) is 2.88. The summed E-state index contributed by atoms with van der Waals surface area (Å²) < 4.78 is 5.51. The molecular formula is C12H19NO3. The minimum absolute atomic E-state index is 0.273. The van der Waals surface area contributed by atoms with E-state index in [9.17, 15) is 10.1 Å². The molecule has 1 aliphatic rings. The van der Waals surface area contributed by atoms with Gasteiger partial charge in [-0.2, -0.15) is 0 Å². The van der Waals surface area contributed by atoms with Gasteiger partial charge in [0.1, 0.15) is 5.76 Å². The third kappa shape index (κ3) is 4.47. The first-order valence-corrected chi connectivity index (χ1v) is 5.88. The monoisotopic (exact) mass is 225 g/mol. The molecule has 1 unspecified atom stereocenters. The molecule has 0 amide bonds. The Bertz CT molecular complexity index is 284. The first-order valence-electron chi connectivity index (χ1n) is 5.88. The molecule has 0 saturated heterocycles. The summed E-state index contributed by atoms with van der Waals surface area (Å²) in [5.41, 5.74) is 0. The van der Waals surface area contributed by atoms with Gasteiger partial charge >= 0.3 is 0 Å². The van der Waals surface area contributed by atoms with Crippen molar-refractivity contribution in [1.29, 1.82) is 0 Å². The summed E-state index contributed by atoms with van der Waals surface area (Å²) in [4.78, 5) is 10.2. The third-order valence-corrected chi connectivity index (χ3v) is 2.58. The Balaban J connectivity index is 2.16. The van der Waals surface area contributed by atoms with Crippen LogP contribution in [0.4, 0.5) is 0 Å². The van der Waals surface area contributed by atoms with Crippen LogP contribution in [0.25, 0.3) is 0 Å². The second-order valence-corrected chi connectivity index (χ2v) is 3.96. The second kappa shape index (κ2) is 7.04. The van der Waals surface area contributed by atoms with E-state index >= 15 is 0 Å². The van der Waals surface area contributed by atoms with Crippen molar-refractivity contribution in [2.75, 3.05) is 6.61 Å².